The molecule has 130 valence electrons. The Morgan fingerprint density at radius 1 is 1.38 bits per heavy atom. The van der Waals surface area contributed by atoms with Crippen molar-refractivity contribution < 1.29 is 0 Å². The van der Waals surface area contributed by atoms with Gasteiger partial charge in [0.15, 0.2) is 0 Å². The average Bonchev–Trinajstić information content (AvgIpc) is 3.14. The fourth-order valence-electron chi connectivity index (χ4n) is 3.60. The van der Waals surface area contributed by atoms with Crippen molar-refractivity contribution in [3.8, 4) is 0 Å². The number of hydrogen-bond acceptors (Lipinski definition) is 5. The molecule has 0 aromatic carbocycles. The number of aromatic nitrogens is 1. The second-order valence-corrected chi connectivity index (χ2v) is 7.44. The van der Waals surface area contributed by atoms with Crippen LogP contribution in [-0.4, -0.2) is 41.6 Å². The maximum Gasteiger partial charge on any atom is 0.0558 e. The van der Waals surface area contributed by atoms with Crippen molar-refractivity contribution in [1.82, 2.24) is 9.88 Å². The molecule has 2 N–H and O–H groups in total. The van der Waals surface area contributed by atoms with E-state index in [2.05, 4.69) is 44.6 Å². The Morgan fingerprint density at radius 3 is 2.83 bits per heavy atom. The van der Waals surface area contributed by atoms with E-state index in [1.807, 2.05) is 18.5 Å². The molecule has 3 heterocycles. The van der Waals surface area contributed by atoms with Gasteiger partial charge in [-0.25, -0.2) is 0 Å². The van der Waals surface area contributed by atoms with E-state index in [1.54, 1.807) is 11.3 Å². The molecule has 2 aromatic rings. The van der Waals surface area contributed by atoms with E-state index in [1.165, 1.54) is 24.1 Å². The van der Waals surface area contributed by atoms with Gasteiger partial charge in [-0.3, -0.25) is 4.98 Å². The summed E-state index contributed by atoms with van der Waals surface area (Å²) in [6, 6.07) is 7.62. The molecule has 1 fully saturated rings. The summed E-state index contributed by atoms with van der Waals surface area (Å²) >= 11 is 1.77. The van der Waals surface area contributed by atoms with Crippen LogP contribution >= 0.6 is 11.3 Å². The van der Waals surface area contributed by atoms with Gasteiger partial charge in [-0.05, 0) is 67.3 Å². The highest BCUT2D eigenvalue weighted by atomic mass is 32.1. The van der Waals surface area contributed by atoms with Crippen molar-refractivity contribution >= 4 is 17.0 Å². The predicted molar refractivity (Wildman–Crippen MR) is 102 cm³/mol. The first-order valence-corrected chi connectivity index (χ1v) is 9.84. The van der Waals surface area contributed by atoms with Crippen molar-refractivity contribution in [2.45, 2.75) is 44.8 Å². The molecule has 0 amide bonds. The standard InChI is InChI=1S/C19H28N4S/c1-16(4-8-20)22-10-5-18(6-11-22)23(14-17-7-12-24-15-17)19-3-2-9-21-13-19/h2-3,7,9,12-13,15-16,18H,4-6,8,10-11,14,20H2,1H3. The Hall–Kier alpha value is -1.43. The molecule has 0 saturated carbocycles. The van der Waals surface area contributed by atoms with E-state index >= 15 is 0 Å². The molecule has 0 bridgehead atoms. The van der Waals surface area contributed by atoms with E-state index in [0.29, 0.717) is 12.1 Å². The first-order valence-electron chi connectivity index (χ1n) is 8.90. The topological polar surface area (TPSA) is 45.4 Å². The predicted octanol–water partition coefficient (Wildman–Crippen LogP) is 3.35. The average molecular weight is 345 g/mol. The monoisotopic (exact) mass is 344 g/mol. The lowest BCUT2D eigenvalue weighted by Gasteiger charge is -2.41. The minimum absolute atomic E-state index is 0.579. The second kappa shape index (κ2) is 8.60. The molecule has 2 aromatic heterocycles. The van der Waals surface area contributed by atoms with Crippen molar-refractivity contribution in [3.05, 3.63) is 46.9 Å². The van der Waals surface area contributed by atoms with E-state index in [9.17, 15) is 0 Å². The van der Waals surface area contributed by atoms with Gasteiger partial charge in [0.1, 0.15) is 0 Å². The van der Waals surface area contributed by atoms with Gasteiger partial charge in [0, 0.05) is 37.9 Å². The van der Waals surface area contributed by atoms with Crippen LogP contribution in [0.2, 0.25) is 0 Å². The van der Waals surface area contributed by atoms with Crippen LogP contribution in [0.25, 0.3) is 0 Å². The molecule has 1 aliphatic rings. The lowest BCUT2D eigenvalue weighted by Crippen LogP contribution is -2.47. The third kappa shape index (κ3) is 4.35. The molecule has 0 spiro atoms. The number of rotatable bonds is 7. The van der Waals surface area contributed by atoms with Crippen molar-refractivity contribution in [2.24, 2.45) is 5.73 Å². The molecular formula is C19H28N4S. The number of nitrogens with zero attached hydrogens (tertiary/aromatic N) is 3. The van der Waals surface area contributed by atoms with E-state index in [0.717, 1.165) is 32.6 Å². The lowest BCUT2D eigenvalue weighted by molar-refractivity contribution is 0.154. The Labute approximate surface area is 149 Å². The number of nitrogens with two attached hydrogens (primary N) is 1. The van der Waals surface area contributed by atoms with Crippen molar-refractivity contribution in [1.29, 1.82) is 0 Å². The van der Waals surface area contributed by atoms with Crippen LogP contribution < -0.4 is 10.6 Å². The highest BCUT2D eigenvalue weighted by Crippen LogP contribution is 2.26. The molecule has 5 heteroatoms. The molecule has 1 atom stereocenters. The Bertz CT molecular complexity index is 579. The van der Waals surface area contributed by atoms with Gasteiger partial charge in [0.25, 0.3) is 0 Å². The van der Waals surface area contributed by atoms with Crippen molar-refractivity contribution in [2.75, 3.05) is 24.5 Å². The number of anilines is 1. The van der Waals surface area contributed by atoms with E-state index in [4.69, 9.17) is 5.73 Å². The number of pyridine rings is 1. The minimum Gasteiger partial charge on any atom is -0.363 e. The van der Waals surface area contributed by atoms with Gasteiger partial charge >= 0.3 is 0 Å². The molecule has 1 aliphatic heterocycles. The van der Waals surface area contributed by atoms with Crippen LogP contribution in [0.15, 0.2) is 41.4 Å². The van der Waals surface area contributed by atoms with Crippen molar-refractivity contribution in [3.63, 3.8) is 0 Å². The molecule has 4 nitrogen and oxygen atoms in total. The Kier molecular flexibility index (Phi) is 6.24. The summed E-state index contributed by atoms with van der Waals surface area (Å²) in [6.07, 6.45) is 7.34. The summed E-state index contributed by atoms with van der Waals surface area (Å²) in [4.78, 5) is 9.47. The SMILES string of the molecule is CC(CCN)N1CCC(N(Cc2ccsc2)c2cccnc2)CC1. The zero-order chi connectivity index (χ0) is 16.8. The molecular weight excluding hydrogens is 316 g/mol. The summed E-state index contributed by atoms with van der Waals surface area (Å²) in [6.45, 7) is 6.37. The molecule has 0 radical (unpaired) electrons. The van der Waals surface area contributed by atoms with Crippen LogP contribution in [-0.2, 0) is 6.54 Å². The van der Waals surface area contributed by atoms with E-state index < -0.39 is 0 Å². The maximum absolute atomic E-state index is 5.72. The summed E-state index contributed by atoms with van der Waals surface area (Å²) in [5.74, 6) is 0. The summed E-state index contributed by atoms with van der Waals surface area (Å²) in [7, 11) is 0. The summed E-state index contributed by atoms with van der Waals surface area (Å²) < 4.78 is 0. The number of thiophene rings is 1. The largest absolute Gasteiger partial charge is 0.363 e. The molecule has 1 unspecified atom stereocenters. The maximum atomic E-state index is 5.72. The van der Waals surface area contributed by atoms with Gasteiger partial charge in [0.2, 0.25) is 0 Å². The number of piperidine rings is 1. The van der Waals surface area contributed by atoms with Gasteiger partial charge in [-0.2, -0.15) is 11.3 Å². The first-order chi connectivity index (χ1) is 11.8. The molecule has 1 saturated heterocycles. The summed E-state index contributed by atoms with van der Waals surface area (Å²) in [5, 5.41) is 4.41. The van der Waals surface area contributed by atoms with Gasteiger partial charge in [-0.1, -0.05) is 0 Å². The highest BCUT2D eigenvalue weighted by Gasteiger charge is 2.27. The van der Waals surface area contributed by atoms with Crippen LogP contribution in [0.4, 0.5) is 5.69 Å². The van der Waals surface area contributed by atoms with Crippen LogP contribution in [0.3, 0.4) is 0 Å². The minimum atomic E-state index is 0.579. The van der Waals surface area contributed by atoms with Gasteiger partial charge in [0.05, 0.1) is 11.9 Å². The third-order valence-corrected chi connectivity index (χ3v) is 5.79. The smallest absolute Gasteiger partial charge is 0.0558 e. The summed E-state index contributed by atoms with van der Waals surface area (Å²) in [5.41, 5.74) is 8.35. The Balaban J connectivity index is 1.68. The zero-order valence-corrected chi connectivity index (χ0v) is 15.3. The quantitative estimate of drug-likeness (QED) is 0.837. The lowest BCUT2D eigenvalue weighted by atomic mass is 10.00. The van der Waals surface area contributed by atoms with Crippen LogP contribution in [0, 0.1) is 0 Å². The third-order valence-electron chi connectivity index (χ3n) is 5.06. The highest BCUT2D eigenvalue weighted by molar-refractivity contribution is 7.07. The van der Waals surface area contributed by atoms with Crippen LogP contribution in [0.1, 0.15) is 31.7 Å². The van der Waals surface area contributed by atoms with Crippen LogP contribution in [0.5, 0.6) is 0 Å². The number of likely N-dealkylation sites (tertiary alicyclic amines) is 1. The fraction of sp³-hybridized carbons (Fsp3) is 0.526. The molecule has 24 heavy (non-hydrogen) atoms. The Morgan fingerprint density at radius 2 is 2.21 bits per heavy atom. The second-order valence-electron chi connectivity index (χ2n) is 6.66. The number of hydrogen-bond donors (Lipinski definition) is 1. The molecule has 3 rings (SSSR count). The van der Waals surface area contributed by atoms with Gasteiger partial charge in [-0.15, -0.1) is 0 Å². The van der Waals surface area contributed by atoms with Gasteiger partial charge < -0.3 is 15.5 Å². The molecule has 0 aliphatic carbocycles. The normalized spacial score (nSPS) is 17.8. The zero-order valence-electron chi connectivity index (χ0n) is 14.5. The first kappa shape index (κ1) is 17.4. The van der Waals surface area contributed by atoms with E-state index in [-0.39, 0.29) is 0 Å². The fourth-order valence-corrected chi connectivity index (χ4v) is 4.26.